The fraction of sp³-hybridized carbons (Fsp3) is 0.833. The Balaban J connectivity index is 1.71. The third-order valence-corrected chi connectivity index (χ3v) is 6.09. The SMILES string of the molecule is C[C@@H](C(=O)N(C)C1CCCCC1)N1C(=O)C2CCCCC2C1=O. The fourth-order valence-corrected chi connectivity index (χ4v) is 4.62. The smallest absolute Gasteiger partial charge is 0.245 e. The third kappa shape index (κ3) is 2.90. The van der Waals surface area contributed by atoms with Gasteiger partial charge in [0.15, 0.2) is 0 Å². The molecule has 0 radical (unpaired) electrons. The minimum absolute atomic E-state index is 0.0859. The molecule has 2 aliphatic carbocycles. The molecule has 0 aromatic rings. The molecule has 0 bridgehead atoms. The monoisotopic (exact) mass is 320 g/mol. The number of likely N-dealkylation sites (N-methyl/N-ethyl adjacent to an activating group) is 1. The highest BCUT2D eigenvalue weighted by Crippen LogP contribution is 2.39. The van der Waals surface area contributed by atoms with Gasteiger partial charge < -0.3 is 4.90 Å². The lowest BCUT2D eigenvalue weighted by Crippen LogP contribution is -2.51. The van der Waals surface area contributed by atoms with Crippen molar-refractivity contribution < 1.29 is 14.4 Å². The van der Waals surface area contributed by atoms with Gasteiger partial charge in [0.25, 0.3) is 0 Å². The molecule has 3 amide bonds. The average Bonchev–Trinajstić information content (AvgIpc) is 2.85. The van der Waals surface area contributed by atoms with Crippen LogP contribution in [0.5, 0.6) is 0 Å². The standard InChI is InChI=1S/C18H28N2O3/c1-12(16(21)19(2)13-8-4-3-5-9-13)20-17(22)14-10-6-7-11-15(14)18(20)23/h12-15H,3-11H2,1-2H3/t12-,14?,15?/m0/s1. The lowest BCUT2D eigenvalue weighted by Gasteiger charge is -2.34. The van der Waals surface area contributed by atoms with Gasteiger partial charge in [-0.15, -0.1) is 0 Å². The van der Waals surface area contributed by atoms with Crippen LogP contribution < -0.4 is 0 Å². The molecule has 5 heteroatoms. The van der Waals surface area contributed by atoms with E-state index in [0.29, 0.717) is 0 Å². The molecule has 128 valence electrons. The second-order valence-corrected chi connectivity index (χ2v) is 7.46. The number of hydrogen-bond donors (Lipinski definition) is 0. The summed E-state index contributed by atoms with van der Waals surface area (Å²) < 4.78 is 0. The van der Waals surface area contributed by atoms with Crippen LogP contribution >= 0.6 is 0 Å². The minimum Gasteiger partial charge on any atom is -0.341 e. The maximum absolute atomic E-state index is 12.8. The number of fused-ring (bicyclic) bond motifs is 1. The van der Waals surface area contributed by atoms with Crippen molar-refractivity contribution in [2.24, 2.45) is 11.8 Å². The molecule has 3 aliphatic rings. The topological polar surface area (TPSA) is 57.7 Å². The number of likely N-dealkylation sites (tertiary alicyclic amines) is 1. The van der Waals surface area contributed by atoms with E-state index in [2.05, 4.69) is 0 Å². The Hall–Kier alpha value is -1.39. The summed E-state index contributed by atoms with van der Waals surface area (Å²) in [6.45, 7) is 1.72. The molecule has 2 unspecified atom stereocenters. The molecule has 0 aromatic heterocycles. The van der Waals surface area contributed by atoms with Crippen molar-refractivity contribution in [1.29, 1.82) is 0 Å². The van der Waals surface area contributed by atoms with Gasteiger partial charge >= 0.3 is 0 Å². The highest BCUT2D eigenvalue weighted by atomic mass is 16.2. The van der Waals surface area contributed by atoms with Gasteiger partial charge in [-0.25, -0.2) is 0 Å². The summed E-state index contributed by atoms with van der Waals surface area (Å²) in [7, 11) is 1.83. The summed E-state index contributed by atoms with van der Waals surface area (Å²) in [5, 5.41) is 0. The Kier molecular flexibility index (Phi) is 4.74. The first-order valence-corrected chi connectivity index (χ1v) is 9.16. The number of imide groups is 1. The first kappa shape index (κ1) is 16.5. The van der Waals surface area contributed by atoms with Crippen LogP contribution in [0, 0.1) is 11.8 Å². The van der Waals surface area contributed by atoms with Crippen molar-refractivity contribution in [2.45, 2.75) is 76.8 Å². The molecule has 3 atom stereocenters. The molecule has 3 fully saturated rings. The normalized spacial score (nSPS) is 30.3. The fourth-order valence-electron chi connectivity index (χ4n) is 4.62. The average molecular weight is 320 g/mol. The Morgan fingerprint density at radius 2 is 1.43 bits per heavy atom. The van der Waals surface area contributed by atoms with E-state index in [9.17, 15) is 14.4 Å². The van der Waals surface area contributed by atoms with E-state index in [1.807, 2.05) is 7.05 Å². The Bertz CT molecular complexity index is 474. The maximum Gasteiger partial charge on any atom is 0.245 e. The van der Waals surface area contributed by atoms with Gasteiger partial charge in [-0.3, -0.25) is 19.3 Å². The number of nitrogens with zero attached hydrogens (tertiary/aromatic N) is 2. The molecule has 5 nitrogen and oxygen atoms in total. The van der Waals surface area contributed by atoms with E-state index < -0.39 is 6.04 Å². The summed E-state index contributed by atoms with van der Waals surface area (Å²) in [6.07, 6.45) is 9.22. The third-order valence-electron chi connectivity index (χ3n) is 6.09. The predicted octanol–water partition coefficient (Wildman–Crippen LogP) is 2.34. The molecule has 23 heavy (non-hydrogen) atoms. The molecule has 1 saturated heterocycles. The number of hydrogen-bond acceptors (Lipinski definition) is 3. The second-order valence-electron chi connectivity index (χ2n) is 7.46. The van der Waals surface area contributed by atoms with Crippen LogP contribution in [0.25, 0.3) is 0 Å². The van der Waals surface area contributed by atoms with Crippen molar-refractivity contribution in [3.05, 3.63) is 0 Å². The van der Waals surface area contributed by atoms with Gasteiger partial charge in [0.1, 0.15) is 6.04 Å². The van der Waals surface area contributed by atoms with Crippen molar-refractivity contribution in [1.82, 2.24) is 9.80 Å². The summed E-state index contributed by atoms with van der Waals surface area (Å²) in [4.78, 5) is 41.1. The predicted molar refractivity (Wildman–Crippen MR) is 86.4 cm³/mol. The molecule has 2 saturated carbocycles. The van der Waals surface area contributed by atoms with E-state index in [1.165, 1.54) is 11.3 Å². The van der Waals surface area contributed by atoms with Crippen LogP contribution in [0.4, 0.5) is 0 Å². The molecule has 0 N–H and O–H groups in total. The largest absolute Gasteiger partial charge is 0.341 e. The molecular weight excluding hydrogens is 292 g/mol. The van der Waals surface area contributed by atoms with E-state index in [0.717, 1.165) is 51.4 Å². The van der Waals surface area contributed by atoms with Crippen LogP contribution in [-0.4, -0.2) is 46.7 Å². The highest BCUT2D eigenvalue weighted by molar-refractivity contribution is 6.08. The van der Waals surface area contributed by atoms with Crippen LogP contribution in [0.2, 0.25) is 0 Å². The van der Waals surface area contributed by atoms with Gasteiger partial charge in [0, 0.05) is 13.1 Å². The molecule has 3 rings (SSSR count). The van der Waals surface area contributed by atoms with Gasteiger partial charge in [0.05, 0.1) is 11.8 Å². The van der Waals surface area contributed by atoms with Gasteiger partial charge in [0.2, 0.25) is 17.7 Å². The number of rotatable bonds is 3. The van der Waals surface area contributed by atoms with Gasteiger partial charge in [-0.1, -0.05) is 32.1 Å². The van der Waals surface area contributed by atoms with E-state index >= 15 is 0 Å². The minimum atomic E-state index is -0.660. The van der Waals surface area contributed by atoms with Crippen LogP contribution in [0.15, 0.2) is 0 Å². The Morgan fingerprint density at radius 1 is 0.957 bits per heavy atom. The van der Waals surface area contributed by atoms with E-state index in [-0.39, 0.29) is 35.6 Å². The first-order valence-electron chi connectivity index (χ1n) is 9.16. The van der Waals surface area contributed by atoms with E-state index in [1.54, 1.807) is 11.8 Å². The summed E-state index contributed by atoms with van der Waals surface area (Å²) >= 11 is 0. The summed E-state index contributed by atoms with van der Waals surface area (Å²) in [6, 6.07) is -0.402. The maximum atomic E-state index is 12.8. The van der Waals surface area contributed by atoms with Crippen molar-refractivity contribution in [2.75, 3.05) is 7.05 Å². The lowest BCUT2D eigenvalue weighted by atomic mass is 9.81. The highest BCUT2D eigenvalue weighted by Gasteiger charge is 2.51. The molecular formula is C18H28N2O3. The van der Waals surface area contributed by atoms with Gasteiger partial charge in [-0.2, -0.15) is 0 Å². The summed E-state index contributed by atoms with van der Waals surface area (Å²) in [5.74, 6) is -0.662. The van der Waals surface area contributed by atoms with Crippen LogP contribution in [0.1, 0.15) is 64.7 Å². The van der Waals surface area contributed by atoms with Crippen molar-refractivity contribution in [3.63, 3.8) is 0 Å². The van der Waals surface area contributed by atoms with Crippen LogP contribution in [0.3, 0.4) is 0 Å². The Morgan fingerprint density at radius 3 is 1.96 bits per heavy atom. The van der Waals surface area contributed by atoms with Crippen LogP contribution in [-0.2, 0) is 14.4 Å². The number of amides is 3. The Labute approximate surface area is 138 Å². The first-order chi connectivity index (χ1) is 11.0. The molecule has 0 aromatic carbocycles. The van der Waals surface area contributed by atoms with Gasteiger partial charge in [-0.05, 0) is 32.6 Å². The lowest BCUT2D eigenvalue weighted by molar-refractivity contribution is -0.151. The van der Waals surface area contributed by atoms with Crippen molar-refractivity contribution >= 4 is 17.7 Å². The zero-order chi connectivity index (χ0) is 16.6. The molecule has 1 heterocycles. The zero-order valence-electron chi connectivity index (χ0n) is 14.3. The van der Waals surface area contributed by atoms with Crippen molar-refractivity contribution in [3.8, 4) is 0 Å². The number of carbonyl (C=O) groups is 3. The zero-order valence-corrected chi connectivity index (χ0v) is 14.3. The summed E-state index contributed by atoms with van der Waals surface area (Å²) in [5.41, 5.74) is 0. The second kappa shape index (κ2) is 6.62. The number of carbonyl (C=O) groups excluding carboxylic acids is 3. The van der Waals surface area contributed by atoms with E-state index in [4.69, 9.17) is 0 Å². The molecule has 0 spiro atoms. The quantitative estimate of drug-likeness (QED) is 0.750. The molecule has 1 aliphatic heterocycles.